The minimum absolute atomic E-state index is 0.150. The Morgan fingerprint density at radius 2 is 1.61 bits per heavy atom. The van der Waals surface area contributed by atoms with Crippen LogP contribution < -0.4 is 5.32 Å². The number of rotatable bonds is 8. The molecule has 0 spiro atoms. The summed E-state index contributed by atoms with van der Waals surface area (Å²) in [6.07, 6.45) is 0. The highest BCUT2D eigenvalue weighted by Crippen LogP contribution is 2.27. The van der Waals surface area contributed by atoms with E-state index in [1.807, 2.05) is 45.0 Å². The van der Waals surface area contributed by atoms with Crippen molar-refractivity contribution in [2.75, 3.05) is 5.75 Å². The molecule has 0 aliphatic carbocycles. The Hall–Kier alpha value is -1.40. The number of benzene rings is 2. The largest absolute Gasteiger partial charge is 0.350 e. The number of nitrogens with one attached hydrogen (secondary N) is 1. The fourth-order valence-electron chi connectivity index (χ4n) is 2.83. The van der Waals surface area contributed by atoms with Crippen molar-refractivity contribution in [3.8, 4) is 0 Å². The van der Waals surface area contributed by atoms with Crippen LogP contribution in [0.2, 0.25) is 15.1 Å². The van der Waals surface area contributed by atoms with Gasteiger partial charge in [-0.1, -0.05) is 53.0 Å². The van der Waals surface area contributed by atoms with Gasteiger partial charge in [0.2, 0.25) is 11.8 Å². The Bertz CT molecular complexity index is 894. The Balaban J connectivity index is 2.16. The van der Waals surface area contributed by atoms with Gasteiger partial charge in [-0.15, -0.1) is 11.8 Å². The van der Waals surface area contributed by atoms with Gasteiger partial charge in [0.25, 0.3) is 0 Å². The monoisotopic (exact) mass is 500 g/mol. The summed E-state index contributed by atoms with van der Waals surface area (Å²) in [5.74, 6) is 0.488. The number of halogens is 3. The lowest BCUT2D eigenvalue weighted by atomic mass is 10.1. The zero-order valence-corrected chi connectivity index (χ0v) is 21.1. The normalized spacial score (nSPS) is 12.4. The second-order valence-electron chi connectivity index (χ2n) is 8.26. The Labute approximate surface area is 203 Å². The molecule has 2 aromatic rings. The summed E-state index contributed by atoms with van der Waals surface area (Å²) in [5, 5.41) is 4.53. The lowest BCUT2D eigenvalue weighted by Gasteiger charge is -2.32. The highest BCUT2D eigenvalue weighted by molar-refractivity contribution is 7.99. The van der Waals surface area contributed by atoms with Crippen LogP contribution >= 0.6 is 46.6 Å². The molecule has 2 aromatic carbocycles. The van der Waals surface area contributed by atoms with Gasteiger partial charge in [-0.3, -0.25) is 9.59 Å². The van der Waals surface area contributed by atoms with Crippen molar-refractivity contribution in [1.82, 2.24) is 10.2 Å². The summed E-state index contributed by atoms with van der Waals surface area (Å²) in [6, 6.07) is 12.0. The number of hydrogen-bond acceptors (Lipinski definition) is 3. The molecule has 0 saturated carbocycles. The third kappa shape index (κ3) is 8.23. The number of nitrogens with zero attached hydrogens (tertiary/aromatic N) is 1. The van der Waals surface area contributed by atoms with Gasteiger partial charge in [0, 0.05) is 38.5 Å². The molecule has 168 valence electrons. The summed E-state index contributed by atoms with van der Waals surface area (Å²) >= 11 is 20.1. The van der Waals surface area contributed by atoms with E-state index < -0.39 is 11.6 Å². The van der Waals surface area contributed by atoms with Crippen molar-refractivity contribution < 1.29 is 9.59 Å². The Morgan fingerprint density at radius 3 is 2.16 bits per heavy atom. The van der Waals surface area contributed by atoms with Crippen molar-refractivity contribution in [2.24, 2.45) is 0 Å². The van der Waals surface area contributed by atoms with Crippen LogP contribution in [0.3, 0.4) is 0 Å². The summed E-state index contributed by atoms with van der Waals surface area (Å²) < 4.78 is 0. The van der Waals surface area contributed by atoms with Gasteiger partial charge in [0.15, 0.2) is 0 Å². The number of carbonyl (C=O) groups excluding carboxylic acids is 2. The quantitative estimate of drug-likeness (QED) is 0.468. The lowest BCUT2D eigenvalue weighted by molar-refractivity contribution is -0.139. The first-order chi connectivity index (χ1) is 14.5. The van der Waals surface area contributed by atoms with Crippen molar-refractivity contribution in [1.29, 1.82) is 0 Å². The molecule has 0 aliphatic rings. The fraction of sp³-hybridized carbons (Fsp3) is 0.391. The highest BCUT2D eigenvalue weighted by Gasteiger charge is 2.29. The third-order valence-corrected chi connectivity index (χ3v) is 6.41. The van der Waals surface area contributed by atoms with Crippen LogP contribution in [0.5, 0.6) is 0 Å². The van der Waals surface area contributed by atoms with E-state index in [0.717, 1.165) is 5.56 Å². The minimum Gasteiger partial charge on any atom is -0.350 e. The van der Waals surface area contributed by atoms with Crippen LogP contribution in [0.4, 0.5) is 0 Å². The van der Waals surface area contributed by atoms with Gasteiger partial charge in [-0.2, -0.15) is 0 Å². The van der Waals surface area contributed by atoms with Crippen LogP contribution in [-0.2, 0) is 21.9 Å². The molecule has 0 saturated heterocycles. The van der Waals surface area contributed by atoms with E-state index in [2.05, 4.69) is 5.32 Å². The maximum Gasteiger partial charge on any atom is 0.242 e. The van der Waals surface area contributed by atoms with E-state index in [1.54, 1.807) is 25.1 Å². The number of hydrogen-bond donors (Lipinski definition) is 1. The summed E-state index contributed by atoms with van der Waals surface area (Å²) in [4.78, 5) is 27.5. The SMILES string of the molecule is C[C@@H](C(=O)NC(C)(C)C)N(Cc1c(Cl)cccc1Cl)C(=O)CSCc1ccc(Cl)cc1. The number of amides is 2. The first-order valence-corrected chi connectivity index (χ1v) is 12.1. The second-order valence-corrected chi connectivity index (χ2v) is 10.5. The molecule has 4 nitrogen and oxygen atoms in total. The van der Waals surface area contributed by atoms with E-state index in [1.165, 1.54) is 16.7 Å². The predicted molar refractivity (Wildman–Crippen MR) is 132 cm³/mol. The van der Waals surface area contributed by atoms with Crippen LogP contribution in [0.15, 0.2) is 42.5 Å². The molecule has 0 fully saturated rings. The second kappa shape index (κ2) is 11.5. The van der Waals surface area contributed by atoms with Gasteiger partial charge in [-0.05, 0) is 57.5 Å². The molecule has 0 heterocycles. The average Bonchev–Trinajstić information content (AvgIpc) is 2.67. The van der Waals surface area contributed by atoms with Crippen molar-refractivity contribution >= 4 is 58.4 Å². The lowest BCUT2D eigenvalue weighted by Crippen LogP contribution is -2.52. The number of carbonyl (C=O) groups is 2. The summed E-state index contributed by atoms with van der Waals surface area (Å²) in [6.45, 7) is 7.56. The fourth-order valence-corrected chi connectivity index (χ4v) is 4.34. The third-order valence-electron chi connectivity index (χ3n) is 4.46. The predicted octanol–water partition coefficient (Wildman–Crippen LogP) is 6.21. The maximum absolute atomic E-state index is 13.1. The van der Waals surface area contributed by atoms with Crippen molar-refractivity contribution in [3.63, 3.8) is 0 Å². The molecule has 2 amide bonds. The maximum atomic E-state index is 13.1. The molecule has 1 N–H and O–H groups in total. The van der Waals surface area contributed by atoms with Crippen molar-refractivity contribution in [2.45, 2.75) is 51.6 Å². The van der Waals surface area contributed by atoms with Gasteiger partial charge < -0.3 is 10.2 Å². The molecule has 31 heavy (non-hydrogen) atoms. The first kappa shape index (κ1) is 25.9. The Morgan fingerprint density at radius 1 is 1.03 bits per heavy atom. The van der Waals surface area contributed by atoms with E-state index in [0.29, 0.717) is 26.4 Å². The van der Waals surface area contributed by atoms with Crippen LogP contribution in [0.1, 0.15) is 38.8 Å². The Kier molecular flexibility index (Phi) is 9.56. The molecule has 0 aromatic heterocycles. The van der Waals surface area contributed by atoms with Gasteiger partial charge >= 0.3 is 0 Å². The molecule has 8 heteroatoms. The molecule has 2 rings (SSSR count). The standard InChI is InChI=1S/C23H27Cl3N2O2S/c1-15(22(30)27-23(2,3)4)28(12-18-19(25)6-5-7-20(18)26)21(29)14-31-13-16-8-10-17(24)11-9-16/h5-11,15H,12-14H2,1-4H3,(H,27,30)/t15-/m0/s1. The summed E-state index contributed by atoms with van der Waals surface area (Å²) in [7, 11) is 0. The van der Waals surface area contributed by atoms with Gasteiger partial charge in [-0.25, -0.2) is 0 Å². The first-order valence-electron chi connectivity index (χ1n) is 9.84. The molecule has 0 radical (unpaired) electrons. The minimum atomic E-state index is -0.685. The molecule has 0 bridgehead atoms. The smallest absolute Gasteiger partial charge is 0.242 e. The van der Waals surface area contributed by atoms with Gasteiger partial charge in [0.1, 0.15) is 6.04 Å². The molecule has 0 unspecified atom stereocenters. The summed E-state index contributed by atoms with van der Waals surface area (Å²) in [5.41, 5.74) is 1.28. The molecule has 0 aliphatic heterocycles. The highest BCUT2D eigenvalue weighted by atomic mass is 35.5. The van der Waals surface area contributed by atoms with E-state index in [-0.39, 0.29) is 24.1 Å². The molecule has 1 atom stereocenters. The topological polar surface area (TPSA) is 49.4 Å². The molecular formula is C23H27Cl3N2O2S. The van der Waals surface area contributed by atoms with Gasteiger partial charge in [0.05, 0.1) is 5.75 Å². The van der Waals surface area contributed by atoms with E-state index >= 15 is 0 Å². The molecular weight excluding hydrogens is 475 g/mol. The zero-order chi connectivity index (χ0) is 23.2. The van der Waals surface area contributed by atoms with E-state index in [9.17, 15) is 9.59 Å². The number of thioether (sulfide) groups is 1. The van der Waals surface area contributed by atoms with Crippen LogP contribution in [0, 0.1) is 0 Å². The van der Waals surface area contributed by atoms with Crippen molar-refractivity contribution in [3.05, 3.63) is 68.7 Å². The van der Waals surface area contributed by atoms with E-state index in [4.69, 9.17) is 34.8 Å². The van der Waals surface area contributed by atoms with Crippen LogP contribution in [0.25, 0.3) is 0 Å². The zero-order valence-electron chi connectivity index (χ0n) is 18.0. The van der Waals surface area contributed by atoms with Crippen LogP contribution in [-0.4, -0.2) is 34.0 Å². The average molecular weight is 502 g/mol.